The Morgan fingerprint density at radius 2 is 1.21 bits per heavy atom. The fourth-order valence-electron chi connectivity index (χ4n) is 2.58. The Labute approximate surface area is 172 Å². The van der Waals surface area contributed by atoms with Gasteiger partial charge in [0.05, 0.1) is 6.26 Å². The van der Waals surface area contributed by atoms with Crippen molar-refractivity contribution in [2.45, 2.75) is 26.2 Å². The van der Waals surface area contributed by atoms with E-state index in [4.69, 9.17) is 0 Å². The van der Waals surface area contributed by atoms with Gasteiger partial charge in [-0.25, -0.2) is 8.42 Å². The van der Waals surface area contributed by atoms with E-state index in [1.54, 1.807) is 12.1 Å². The summed E-state index contributed by atoms with van der Waals surface area (Å²) in [5.41, 5.74) is 2.53. The van der Waals surface area contributed by atoms with Gasteiger partial charge >= 0.3 is 0 Å². The largest absolute Gasteiger partial charge is 0.350 e. The number of sulfonamides is 1. The molecule has 2 rings (SSSR count). The molecule has 0 bridgehead atoms. The molecule has 0 spiro atoms. The number of benzene rings is 2. The highest BCUT2D eigenvalue weighted by Crippen LogP contribution is 2.22. The summed E-state index contributed by atoms with van der Waals surface area (Å²) >= 11 is 0. The molecule has 0 aliphatic rings. The number of hydrogen-bond acceptors (Lipinski definition) is 4. The minimum atomic E-state index is -3.36. The van der Waals surface area contributed by atoms with E-state index in [0.717, 1.165) is 11.8 Å². The van der Waals surface area contributed by atoms with Crippen molar-refractivity contribution in [3.8, 4) is 0 Å². The SMILES string of the molecule is CC(C)(C)c1ccc(C(=O)NCCNC(=O)c2ccc(NS(C)(=O)=O)cc2)cc1. The van der Waals surface area contributed by atoms with Crippen LogP contribution in [0.2, 0.25) is 0 Å². The van der Waals surface area contributed by atoms with E-state index in [9.17, 15) is 18.0 Å². The van der Waals surface area contributed by atoms with Crippen LogP contribution in [0.3, 0.4) is 0 Å². The molecule has 29 heavy (non-hydrogen) atoms. The smallest absolute Gasteiger partial charge is 0.251 e. The van der Waals surface area contributed by atoms with Crippen molar-refractivity contribution in [2.24, 2.45) is 0 Å². The summed E-state index contributed by atoms with van der Waals surface area (Å²) in [4.78, 5) is 24.3. The first kappa shape index (κ1) is 22.4. The van der Waals surface area contributed by atoms with Crippen molar-refractivity contribution in [3.05, 3.63) is 65.2 Å². The predicted molar refractivity (Wildman–Crippen MR) is 115 cm³/mol. The molecular formula is C21H27N3O4S. The predicted octanol–water partition coefficient (Wildman–Crippen LogP) is 2.52. The number of amides is 2. The second kappa shape index (κ2) is 9.09. The molecule has 7 nitrogen and oxygen atoms in total. The van der Waals surface area contributed by atoms with Gasteiger partial charge in [-0.15, -0.1) is 0 Å². The molecule has 0 heterocycles. The Kier molecular flexibility index (Phi) is 7.02. The van der Waals surface area contributed by atoms with Gasteiger partial charge in [0.2, 0.25) is 10.0 Å². The van der Waals surface area contributed by atoms with Crippen LogP contribution in [0.1, 0.15) is 47.1 Å². The van der Waals surface area contributed by atoms with Gasteiger partial charge in [-0.05, 0) is 47.4 Å². The fourth-order valence-corrected chi connectivity index (χ4v) is 3.15. The molecule has 0 unspecified atom stereocenters. The molecule has 8 heteroatoms. The van der Waals surface area contributed by atoms with Gasteiger partial charge in [-0.1, -0.05) is 32.9 Å². The molecular weight excluding hydrogens is 390 g/mol. The first-order chi connectivity index (χ1) is 13.5. The lowest BCUT2D eigenvalue weighted by molar-refractivity contribution is 0.0927. The minimum absolute atomic E-state index is 0.0261. The lowest BCUT2D eigenvalue weighted by Gasteiger charge is -2.19. The van der Waals surface area contributed by atoms with Crippen LogP contribution >= 0.6 is 0 Å². The highest BCUT2D eigenvalue weighted by Gasteiger charge is 2.14. The van der Waals surface area contributed by atoms with Crippen LogP contribution in [0.15, 0.2) is 48.5 Å². The fraction of sp³-hybridized carbons (Fsp3) is 0.333. The summed E-state index contributed by atoms with van der Waals surface area (Å²) < 4.78 is 24.7. The van der Waals surface area contributed by atoms with E-state index >= 15 is 0 Å². The highest BCUT2D eigenvalue weighted by atomic mass is 32.2. The number of hydrogen-bond donors (Lipinski definition) is 3. The van der Waals surface area contributed by atoms with Crippen LogP contribution in [0.5, 0.6) is 0 Å². The van der Waals surface area contributed by atoms with Crippen molar-refractivity contribution >= 4 is 27.5 Å². The van der Waals surface area contributed by atoms with Crippen LogP contribution < -0.4 is 15.4 Å². The molecule has 0 radical (unpaired) electrons. The van der Waals surface area contributed by atoms with Gasteiger partial charge in [0.15, 0.2) is 0 Å². The molecule has 0 aliphatic heterocycles. The second-order valence-corrected chi connectivity index (χ2v) is 9.54. The van der Waals surface area contributed by atoms with E-state index in [1.165, 1.54) is 24.3 Å². The summed E-state index contributed by atoms with van der Waals surface area (Å²) in [6.07, 6.45) is 1.06. The number of carbonyl (C=O) groups is 2. The molecule has 0 atom stereocenters. The molecule has 0 saturated heterocycles. The summed E-state index contributed by atoms with van der Waals surface area (Å²) in [7, 11) is -3.36. The molecule has 156 valence electrons. The molecule has 2 aromatic rings. The molecule has 0 saturated carbocycles. The third-order valence-electron chi connectivity index (χ3n) is 4.16. The van der Waals surface area contributed by atoms with Crippen molar-refractivity contribution in [1.29, 1.82) is 0 Å². The molecule has 3 N–H and O–H groups in total. The Balaban J connectivity index is 1.79. The lowest BCUT2D eigenvalue weighted by Crippen LogP contribution is -2.34. The average molecular weight is 418 g/mol. The normalized spacial score (nSPS) is 11.6. The molecule has 2 amide bonds. The van der Waals surface area contributed by atoms with E-state index in [-0.39, 0.29) is 23.8 Å². The monoisotopic (exact) mass is 417 g/mol. The Hall–Kier alpha value is -2.87. The van der Waals surface area contributed by atoms with Gasteiger partial charge in [-0.2, -0.15) is 0 Å². The third kappa shape index (κ3) is 7.23. The highest BCUT2D eigenvalue weighted by molar-refractivity contribution is 7.92. The number of nitrogens with one attached hydrogen (secondary N) is 3. The van der Waals surface area contributed by atoms with Crippen molar-refractivity contribution in [3.63, 3.8) is 0 Å². The third-order valence-corrected chi connectivity index (χ3v) is 4.77. The molecule has 0 aliphatic carbocycles. The van der Waals surface area contributed by atoms with Crippen LogP contribution in [0.4, 0.5) is 5.69 Å². The molecule has 2 aromatic carbocycles. The second-order valence-electron chi connectivity index (χ2n) is 7.79. The average Bonchev–Trinajstić information content (AvgIpc) is 2.63. The first-order valence-corrected chi connectivity index (χ1v) is 11.1. The summed E-state index contributed by atoms with van der Waals surface area (Å²) in [5, 5.41) is 5.48. The summed E-state index contributed by atoms with van der Waals surface area (Å²) in [6.45, 7) is 6.90. The van der Waals surface area contributed by atoms with Crippen molar-refractivity contribution < 1.29 is 18.0 Å². The lowest BCUT2D eigenvalue weighted by atomic mass is 9.87. The zero-order valence-electron chi connectivity index (χ0n) is 17.1. The maximum absolute atomic E-state index is 12.2. The Morgan fingerprint density at radius 1 is 0.793 bits per heavy atom. The van der Waals surface area contributed by atoms with E-state index in [0.29, 0.717) is 23.4 Å². The van der Waals surface area contributed by atoms with Crippen LogP contribution in [-0.2, 0) is 15.4 Å². The van der Waals surface area contributed by atoms with Crippen molar-refractivity contribution in [2.75, 3.05) is 24.1 Å². The standard InChI is InChI=1S/C21H27N3O4S/c1-21(2,3)17-9-5-15(6-10-17)19(25)22-13-14-23-20(26)16-7-11-18(12-8-16)24-29(4,27)28/h5-12,24H,13-14H2,1-4H3,(H,22,25)(H,23,26). The number of anilines is 1. The van der Waals surface area contributed by atoms with Crippen molar-refractivity contribution in [1.82, 2.24) is 10.6 Å². The minimum Gasteiger partial charge on any atom is -0.350 e. The van der Waals surface area contributed by atoms with Gasteiger partial charge in [0.1, 0.15) is 0 Å². The maximum Gasteiger partial charge on any atom is 0.251 e. The number of carbonyl (C=O) groups excluding carboxylic acids is 2. The summed E-state index contributed by atoms with van der Waals surface area (Å²) in [6, 6.07) is 13.5. The maximum atomic E-state index is 12.2. The zero-order chi connectivity index (χ0) is 21.7. The molecule has 0 fully saturated rings. The van der Waals surface area contributed by atoms with Gasteiger partial charge in [0.25, 0.3) is 11.8 Å². The first-order valence-electron chi connectivity index (χ1n) is 9.20. The van der Waals surface area contributed by atoms with Gasteiger partial charge in [0, 0.05) is 29.9 Å². The quantitative estimate of drug-likeness (QED) is 0.602. The zero-order valence-corrected chi connectivity index (χ0v) is 17.9. The Bertz CT molecular complexity index is 960. The van der Waals surface area contributed by atoms with Gasteiger partial charge < -0.3 is 10.6 Å². The topological polar surface area (TPSA) is 104 Å². The summed E-state index contributed by atoms with van der Waals surface area (Å²) in [5.74, 6) is -0.504. The van der Waals surface area contributed by atoms with Gasteiger partial charge in [-0.3, -0.25) is 14.3 Å². The molecule has 0 aromatic heterocycles. The Morgan fingerprint density at radius 3 is 1.59 bits per heavy atom. The van der Waals surface area contributed by atoms with E-state index in [1.807, 2.05) is 12.1 Å². The van der Waals surface area contributed by atoms with Crippen LogP contribution in [-0.4, -0.2) is 39.6 Å². The number of rotatable bonds is 7. The van der Waals surface area contributed by atoms with E-state index in [2.05, 4.69) is 36.1 Å². The van der Waals surface area contributed by atoms with Crippen LogP contribution in [0.25, 0.3) is 0 Å². The van der Waals surface area contributed by atoms with E-state index < -0.39 is 10.0 Å². The van der Waals surface area contributed by atoms with Crippen LogP contribution in [0, 0.1) is 0 Å².